The molecule has 48 heavy (non-hydrogen) atoms. The predicted molar refractivity (Wildman–Crippen MR) is 176 cm³/mol. The lowest BCUT2D eigenvalue weighted by atomic mass is 9.93. The second-order valence-electron chi connectivity index (χ2n) is 12.4. The van der Waals surface area contributed by atoms with Gasteiger partial charge in [0.1, 0.15) is 30.3 Å². The highest BCUT2D eigenvalue weighted by molar-refractivity contribution is 5.95. The first-order valence-electron chi connectivity index (χ1n) is 16.3. The second kappa shape index (κ2) is 17.7. The molecule has 0 radical (unpaired) electrons. The van der Waals surface area contributed by atoms with E-state index in [1.54, 1.807) is 32.3 Å². The Morgan fingerprint density at radius 1 is 1.19 bits per heavy atom. The summed E-state index contributed by atoms with van der Waals surface area (Å²) >= 11 is 0. The second-order valence-corrected chi connectivity index (χ2v) is 12.4. The molecule has 11 nitrogen and oxygen atoms in total. The summed E-state index contributed by atoms with van der Waals surface area (Å²) in [6, 6.07) is 6.68. The summed E-state index contributed by atoms with van der Waals surface area (Å²) in [5, 5.41) is 13.1. The predicted octanol–water partition coefficient (Wildman–Crippen LogP) is 4.51. The number of cyclic esters (lactones) is 1. The monoisotopic (exact) mass is 667 g/mol. The van der Waals surface area contributed by atoms with E-state index in [9.17, 15) is 23.9 Å². The van der Waals surface area contributed by atoms with Gasteiger partial charge in [0.2, 0.25) is 5.91 Å². The molecule has 12 heteroatoms. The molecule has 1 saturated heterocycles. The molecule has 3 heterocycles. The minimum absolute atomic E-state index is 0.0234. The van der Waals surface area contributed by atoms with Crippen molar-refractivity contribution in [3.63, 3.8) is 0 Å². The Morgan fingerprint density at radius 2 is 1.96 bits per heavy atom. The zero-order chi connectivity index (χ0) is 34.6. The van der Waals surface area contributed by atoms with Gasteiger partial charge in [0.25, 0.3) is 5.91 Å². The summed E-state index contributed by atoms with van der Waals surface area (Å²) in [5.74, 6) is -1.29. The van der Waals surface area contributed by atoms with Gasteiger partial charge < -0.3 is 34.0 Å². The van der Waals surface area contributed by atoms with E-state index >= 15 is 0 Å². The van der Waals surface area contributed by atoms with Crippen LogP contribution in [0.3, 0.4) is 0 Å². The number of amides is 2. The molecule has 2 bridgehead atoms. The molecule has 260 valence electrons. The van der Waals surface area contributed by atoms with Crippen molar-refractivity contribution in [1.29, 1.82) is 0 Å². The number of hydrogen-bond donors (Lipinski definition) is 2. The SMILES string of the molecule is COc1ccc(COCC(C)C2OC(=O)C3CCCN3C(=O)c3coc(n3)CC(F)CC(O)/C=C(C)/C=C/CNC(=O)/C=C/C2C)cc1. The molecule has 2 aliphatic rings. The van der Waals surface area contributed by atoms with Crippen LogP contribution in [0, 0.1) is 11.8 Å². The molecule has 2 amide bonds. The fraction of sp³-hybridized carbons (Fsp3) is 0.500. The minimum atomic E-state index is -1.47. The van der Waals surface area contributed by atoms with Gasteiger partial charge >= 0.3 is 5.97 Å². The molecule has 1 aromatic carbocycles. The van der Waals surface area contributed by atoms with Crippen LogP contribution in [0.25, 0.3) is 0 Å². The number of aromatic nitrogens is 1. The summed E-state index contributed by atoms with van der Waals surface area (Å²) in [7, 11) is 1.60. The maximum Gasteiger partial charge on any atom is 0.329 e. The molecule has 2 N–H and O–H groups in total. The van der Waals surface area contributed by atoms with E-state index in [1.807, 2.05) is 38.1 Å². The number of methoxy groups -OCH3 is 1. The number of allylic oxidation sites excluding steroid dienone is 2. The largest absolute Gasteiger partial charge is 0.497 e. The van der Waals surface area contributed by atoms with E-state index in [4.69, 9.17) is 18.6 Å². The van der Waals surface area contributed by atoms with Crippen LogP contribution in [0.15, 0.2) is 70.9 Å². The van der Waals surface area contributed by atoms with Crippen LogP contribution in [0.5, 0.6) is 5.75 Å². The third-order valence-electron chi connectivity index (χ3n) is 8.37. The number of oxazole rings is 1. The number of aliphatic hydroxyl groups is 1. The molecule has 6 unspecified atom stereocenters. The van der Waals surface area contributed by atoms with Gasteiger partial charge in [-0.15, -0.1) is 0 Å². The fourth-order valence-electron chi connectivity index (χ4n) is 5.81. The lowest BCUT2D eigenvalue weighted by molar-refractivity contribution is -0.159. The first-order chi connectivity index (χ1) is 23.0. The molecule has 0 saturated carbocycles. The van der Waals surface area contributed by atoms with Crippen molar-refractivity contribution in [2.75, 3.05) is 26.8 Å². The van der Waals surface area contributed by atoms with Crippen molar-refractivity contribution in [2.24, 2.45) is 11.8 Å². The zero-order valence-corrected chi connectivity index (χ0v) is 28.0. The Bertz CT molecular complexity index is 1470. The third kappa shape index (κ3) is 10.6. The van der Waals surface area contributed by atoms with E-state index < -0.39 is 36.3 Å². The number of aliphatic hydroxyl groups excluding tert-OH is 1. The molecule has 1 aromatic heterocycles. The highest BCUT2D eigenvalue weighted by Gasteiger charge is 2.39. The zero-order valence-electron chi connectivity index (χ0n) is 28.0. The van der Waals surface area contributed by atoms with Gasteiger partial charge in [-0.05, 0) is 43.5 Å². The summed E-state index contributed by atoms with van der Waals surface area (Å²) < 4.78 is 37.5. The number of carbonyl (C=O) groups excluding carboxylic acids is 3. The van der Waals surface area contributed by atoms with Gasteiger partial charge in [-0.3, -0.25) is 9.59 Å². The Labute approximate surface area is 280 Å². The van der Waals surface area contributed by atoms with Crippen LogP contribution < -0.4 is 10.1 Å². The van der Waals surface area contributed by atoms with Gasteiger partial charge in [-0.2, -0.15) is 0 Å². The van der Waals surface area contributed by atoms with Crippen molar-refractivity contribution >= 4 is 17.8 Å². The van der Waals surface area contributed by atoms with Crippen molar-refractivity contribution in [3.05, 3.63) is 83.6 Å². The lowest BCUT2D eigenvalue weighted by Crippen LogP contribution is -2.44. The molecular weight excluding hydrogens is 621 g/mol. The number of fused-ring (bicyclic) bond motifs is 3. The first-order valence-corrected chi connectivity index (χ1v) is 16.3. The Morgan fingerprint density at radius 3 is 2.71 bits per heavy atom. The van der Waals surface area contributed by atoms with Gasteiger partial charge in [0.05, 0.1) is 32.8 Å². The molecular formula is C36H46FN3O8. The van der Waals surface area contributed by atoms with Crippen LogP contribution in [0.2, 0.25) is 0 Å². The van der Waals surface area contributed by atoms with Gasteiger partial charge in [-0.25, -0.2) is 14.2 Å². The normalized spacial score (nSPS) is 28.0. The molecule has 6 atom stereocenters. The van der Waals surface area contributed by atoms with Crippen LogP contribution in [-0.2, 0) is 32.1 Å². The Kier molecular flexibility index (Phi) is 13.5. The number of nitrogens with one attached hydrogen (secondary N) is 1. The number of esters is 1. The first kappa shape index (κ1) is 36.5. The highest BCUT2D eigenvalue weighted by Crippen LogP contribution is 2.26. The average molecular weight is 668 g/mol. The van der Waals surface area contributed by atoms with Crippen molar-refractivity contribution < 1.29 is 42.5 Å². The van der Waals surface area contributed by atoms with Crippen LogP contribution in [0.4, 0.5) is 4.39 Å². The smallest absolute Gasteiger partial charge is 0.329 e. The number of benzene rings is 1. The van der Waals surface area contributed by atoms with Crippen LogP contribution in [-0.4, -0.2) is 84.0 Å². The molecule has 0 spiro atoms. The molecule has 4 rings (SSSR count). The quantitative estimate of drug-likeness (QED) is 0.426. The maximum atomic E-state index is 14.8. The van der Waals surface area contributed by atoms with E-state index in [-0.39, 0.29) is 55.3 Å². The lowest BCUT2D eigenvalue weighted by Gasteiger charge is -2.31. The van der Waals surface area contributed by atoms with Crippen molar-refractivity contribution in [2.45, 2.75) is 77.5 Å². The maximum absolute atomic E-state index is 14.8. The van der Waals surface area contributed by atoms with E-state index in [0.29, 0.717) is 31.6 Å². The highest BCUT2D eigenvalue weighted by atomic mass is 19.1. The topological polar surface area (TPSA) is 140 Å². The number of alkyl halides is 1. The Hall–Kier alpha value is -4.29. The van der Waals surface area contributed by atoms with Gasteiger partial charge in [-0.1, -0.05) is 55.9 Å². The standard InChI is InChI=1S/C36H46FN3O8/c1-23-7-5-15-38-32(42)14-9-24(2)34(25(3)20-46-21-26-10-12-29(45-4)13-11-26)48-36(44)31-8-6-16-40(31)35(43)30-22-47-33(39-30)19-27(37)18-28(41)17-23/h5,7,9-14,17,22,24-25,27-28,31,34,41H,6,8,15-16,18-21H2,1-4H3,(H,38,42)/b7-5+,14-9+,23-17+. The van der Waals surface area contributed by atoms with Gasteiger partial charge in [0, 0.05) is 31.3 Å². The number of ether oxygens (including phenoxy) is 3. The van der Waals surface area contributed by atoms with Crippen molar-refractivity contribution in [1.82, 2.24) is 15.2 Å². The van der Waals surface area contributed by atoms with Crippen LogP contribution in [0.1, 0.15) is 62.0 Å². The van der Waals surface area contributed by atoms with E-state index in [0.717, 1.165) is 17.6 Å². The minimum Gasteiger partial charge on any atom is -0.497 e. The van der Waals surface area contributed by atoms with E-state index in [2.05, 4.69) is 10.3 Å². The molecule has 0 aliphatic carbocycles. The fourth-order valence-corrected chi connectivity index (χ4v) is 5.81. The van der Waals surface area contributed by atoms with Crippen LogP contribution >= 0.6 is 0 Å². The summed E-state index contributed by atoms with van der Waals surface area (Å²) in [6.45, 7) is 6.69. The average Bonchev–Trinajstić information content (AvgIpc) is 3.74. The summed E-state index contributed by atoms with van der Waals surface area (Å²) in [6.07, 6.45) is 6.60. The molecule has 2 aromatic rings. The Balaban J connectivity index is 1.53. The van der Waals surface area contributed by atoms with Gasteiger partial charge in [0.15, 0.2) is 11.6 Å². The summed E-state index contributed by atoms with van der Waals surface area (Å²) in [4.78, 5) is 45.3. The van der Waals surface area contributed by atoms with E-state index in [1.165, 1.54) is 17.1 Å². The third-order valence-corrected chi connectivity index (χ3v) is 8.37. The van der Waals surface area contributed by atoms with Crippen molar-refractivity contribution in [3.8, 4) is 5.75 Å². The molecule has 2 aliphatic heterocycles. The number of hydrogen-bond acceptors (Lipinski definition) is 9. The number of rotatable bonds is 6. The number of halogens is 1. The number of nitrogens with zero attached hydrogens (tertiary/aromatic N) is 2. The molecule has 1 fully saturated rings. The number of carbonyl (C=O) groups is 3. The summed E-state index contributed by atoms with van der Waals surface area (Å²) in [5.41, 5.74) is 1.62.